The Morgan fingerprint density at radius 2 is 1.68 bits per heavy atom. The van der Waals surface area contributed by atoms with Crippen LogP contribution in [0, 0.1) is 11.6 Å². The van der Waals surface area contributed by atoms with Gasteiger partial charge in [-0.15, -0.1) is 0 Å². The first-order valence-corrected chi connectivity index (χ1v) is 8.78. The largest absolute Gasteiger partial charge is 0.497 e. The minimum absolute atomic E-state index is 0.0550. The molecule has 0 spiro atoms. The first-order chi connectivity index (χ1) is 13.5. The molecule has 0 saturated heterocycles. The Labute approximate surface area is 162 Å². The quantitative estimate of drug-likeness (QED) is 0.612. The second-order valence-electron chi connectivity index (χ2n) is 6.19. The first kappa shape index (κ1) is 19.4. The number of hydrogen-bond acceptors (Lipinski definition) is 3. The zero-order valence-corrected chi connectivity index (χ0v) is 15.3. The van der Waals surface area contributed by atoms with Gasteiger partial charge >= 0.3 is 0 Å². The van der Waals surface area contributed by atoms with E-state index in [4.69, 9.17) is 4.74 Å². The predicted molar refractivity (Wildman–Crippen MR) is 106 cm³/mol. The van der Waals surface area contributed by atoms with Gasteiger partial charge in [-0.1, -0.05) is 12.1 Å². The van der Waals surface area contributed by atoms with E-state index in [-0.39, 0.29) is 5.56 Å². The highest BCUT2D eigenvalue weighted by Crippen LogP contribution is 2.17. The van der Waals surface area contributed by atoms with Crippen molar-refractivity contribution in [2.75, 3.05) is 24.3 Å². The van der Waals surface area contributed by atoms with E-state index in [0.717, 1.165) is 36.5 Å². The highest BCUT2D eigenvalue weighted by molar-refractivity contribution is 6.04. The third-order valence-electron chi connectivity index (χ3n) is 4.20. The fourth-order valence-electron chi connectivity index (χ4n) is 2.69. The molecule has 0 aliphatic carbocycles. The molecular weight excluding hydrogens is 362 g/mol. The van der Waals surface area contributed by atoms with E-state index >= 15 is 0 Å². The second-order valence-corrected chi connectivity index (χ2v) is 6.19. The number of carbonyl (C=O) groups is 1. The molecule has 2 N–H and O–H groups in total. The summed E-state index contributed by atoms with van der Waals surface area (Å²) < 4.78 is 31.4. The number of nitrogens with one attached hydrogen (secondary N) is 2. The molecule has 1 amide bonds. The summed E-state index contributed by atoms with van der Waals surface area (Å²) in [5, 5.41) is 5.97. The topological polar surface area (TPSA) is 50.4 Å². The van der Waals surface area contributed by atoms with Crippen molar-refractivity contribution in [2.45, 2.75) is 6.42 Å². The molecular formula is C22H20F2N2O2. The molecule has 144 valence electrons. The summed E-state index contributed by atoms with van der Waals surface area (Å²) in [5.41, 5.74) is 2.70. The molecule has 0 atom stereocenters. The van der Waals surface area contributed by atoms with Gasteiger partial charge in [-0.2, -0.15) is 0 Å². The Balaban J connectivity index is 1.52. The standard InChI is InChI=1S/C22H20F2N2O2/c1-28-19-4-2-3-15(13-19)11-12-25-17-6-8-18(9-7-17)26-22(27)16-5-10-20(23)21(24)14-16/h2-10,13-14,25H,11-12H2,1H3,(H,26,27). The third kappa shape index (κ3) is 5.07. The van der Waals surface area contributed by atoms with Gasteiger partial charge in [0.25, 0.3) is 5.91 Å². The molecule has 0 heterocycles. The van der Waals surface area contributed by atoms with Crippen molar-refractivity contribution in [1.82, 2.24) is 0 Å². The Bertz CT molecular complexity index is 959. The fraction of sp³-hybridized carbons (Fsp3) is 0.136. The number of carbonyl (C=O) groups excluding carboxylic acids is 1. The van der Waals surface area contributed by atoms with Gasteiger partial charge in [0, 0.05) is 23.5 Å². The van der Waals surface area contributed by atoms with E-state index in [9.17, 15) is 13.6 Å². The summed E-state index contributed by atoms with van der Waals surface area (Å²) in [5.74, 6) is -1.71. The lowest BCUT2D eigenvalue weighted by Gasteiger charge is -2.09. The Kier molecular flexibility index (Phi) is 6.22. The minimum atomic E-state index is -1.05. The molecule has 28 heavy (non-hydrogen) atoms. The number of amides is 1. The van der Waals surface area contributed by atoms with Gasteiger partial charge < -0.3 is 15.4 Å². The number of halogens is 2. The van der Waals surface area contributed by atoms with Crippen LogP contribution in [0.3, 0.4) is 0 Å². The van der Waals surface area contributed by atoms with Crippen LogP contribution in [0.15, 0.2) is 66.7 Å². The predicted octanol–water partition coefficient (Wildman–Crippen LogP) is 4.88. The number of anilines is 2. The average molecular weight is 382 g/mol. The monoisotopic (exact) mass is 382 g/mol. The van der Waals surface area contributed by atoms with Gasteiger partial charge in [-0.25, -0.2) is 8.78 Å². The zero-order chi connectivity index (χ0) is 19.9. The molecule has 6 heteroatoms. The number of hydrogen-bond donors (Lipinski definition) is 2. The Morgan fingerprint density at radius 1 is 0.929 bits per heavy atom. The molecule has 0 unspecified atom stereocenters. The van der Waals surface area contributed by atoms with Gasteiger partial charge in [0.1, 0.15) is 5.75 Å². The van der Waals surface area contributed by atoms with Crippen molar-refractivity contribution in [3.63, 3.8) is 0 Å². The number of methoxy groups -OCH3 is 1. The van der Waals surface area contributed by atoms with Crippen molar-refractivity contribution >= 4 is 17.3 Å². The lowest BCUT2D eigenvalue weighted by molar-refractivity contribution is 0.102. The molecule has 0 bridgehead atoms. The lowest BCUT2D eigenvalue weighted by atomic mass is 10.1. The maximum Gasteiger partial charge on any atom is 0.255 e. The molecule has 0 aromatic heterocycles. The van der Waals surface area contributed by atoms with E-state index < -0.39 is 17.5 Å². The summed E-state index contributed by atoms with van der Waals surface area (Å²) in [4.78, 5) is 12.1. The maximum atomic E-state index is 13.2. The van der Waals surface area contributed by atoms with Crippen LogP contribution in [0.4, 0.5) is 20.2 Å². The van der Waals surface area contributed by atoms with Crippen molar-refractivity contribution in [3.8, 4) is 5.75 Å². The van der Waals surface area contributed by atoms with Crippen molar-refractivity contribution in [1.29, 1.82) is 0 Å². The Hall–Kier alpha value is -3.41. The molecule has 3 aromatic rings. The van der Waals surface area contributed by atoms with Crippen LogP contribution >= 0.6 is 0 Å². The highest BCUT2D eigenvalue weighted by Gasteiger charge is 2.10. The fourth-order valence-corrected chi connectivity index (χ4v) is 2.69. The summed E-state index contributed by atoms with van der Waals surface area (Å²) in [6.07, 6.45) is 0.839. The molecule has 3 aromatic carbocycles. The van der Waals surface area contributed by atoms with Crippen LogP contribution in [0.2, 0.25) is 0 Å². The second kappa shape index (κ2) is 8.99. The SMILES string of the molecule is COc1cccc(CCNc2ccc(NC(=O)c3ccc(F)c(F)c3)cc2)c1. The van der Waals surface area contributed by atoms with Crippen LogP contribution in [-0.4, -0.2) is 19.6 Å². The summed E-state index contributed by atoms with van der Waals surface area (Å²) in [7, 11) is 1.64. The number of benzene rings is 3. The van der Waals surface area contributed by atoms with Gasteiger partial charge in [-0.05, 0) is 66.6 Å². The molecule has 0 aliphatic rings. The van der Waals surface area contributed by atoms with E-state index in [1.807, 2.05) is 36.4 Å². The minimum Gasteiger partial charge on any atom is -0.497 e. The van der Waals surface area contributed by atoms with E-state index in [1.54, 1.807) is 19.2 Å². The molecule has 0 saturated carbocycles. The van der Waals surface area contributed by atoms with E-state index in [1.165, 1.54) is 11.6 Å². The normalized spacial score (nSPS) is 10.4. The molecule has 3 rings (SSSR count). The van der Waals surface area contributed by atoms with Crippen LogP contribution in [0.1, 0.15) is 15.9 Å². The van der Waals surface area contributed by atoms with Crippen LogP contribution in [0.5, 0.6) is 5.75 Å². The van der Waals surface area contributed by atoms with Gasteiger partial charge in [0.2, 0.25) is 0 Å². The first-order valence-electron chi connectivity index (χ1n) is 8.78. The number of ether oxygens (including phenoxy) is 1. The average Bonchev–Trinajstić information content (AvgIpc) is 2.71. The summed E-state index contributed by atoms with van der Waals surface area (Å²) in [6, 6.07) is 18.1. The summed E-state index contributed by atoms with van der Waals surface area (Å²) in [6.45, 7) is 0.744. The molecule has 4 nitrogen and oxygen atoms in total. The van der Waals surface area contributed by atoms with Crippen LogP contribution < -0.4 is 15.4 Å². The smallest absolute Gasteiger partial charge is 0.255 e. The number of rotatable bonds is 7. The van der Waals surface area contributed by atoms with Crippen LogP contribution in [0.25, 0.3) is 0 Å². The molecule has 0 aliphatic heterocycles. The Morgan fingerprint density at radius 3 is 2.39 bits per heavy atom. The van der Waals surface area contributed by atoms with Crippen LogP contribution in [-0.2, 0) is 6.42 Å². The van der Waals surface area contributed by atoms with Gasteiger partial charge in [0.15, 0.2) is 11.6 Å². The van der Waals surface area contributed by atoms with Gasteiger partial charge in [-0.3, -0.25) is 4.79 Å². The van der Waals surface area contributed by atoms with Crippen molar-refractivity contribution < 1.29 is 18.3 Å². The zero-order valence-electron chi connectivity index (χ0n) is 15.3. The lowest BCUT2D eigenvalue weighted by Crippen LogP contribution is -2.12. The molecule has 0 fully saturated rings. The van der Waals surface area contributed by atoms with E-state index in [2.05, 4.69) is 10.6 Å². The van der Waals surface area contributed by atoms with Gasteiger partial charge in [0.05, 0.1) is 7.11 Å². The molecule has 0 radical (unpaired) electrons. The van der Waals surface area contributed by atoms with Crippen molar-refractivity contribution in [2.24, 2.45) is 0 Å². The maximum absolute atomic E-state index is 13.2. The third-order valence-corrected chi connectivity index (χ3v) is 4.20. The van der Waals surface area contributed by atoms with E-state index in [0.29, 0.717) is 5.69 Å². The highest BCUT2D eigenvalue weighted by atomic mass is 19.2. The van der Waals surface area contributed by atoms with Crippen molar-refractivity contribution in [3.05, 3.63) is 89.5 Å². The summed E-state index contributed by atoms with van der Waals surface area (Å²) >= 11 is 0.